The van der Waals surface area contributed by atoms with Crippen LogP contribution < -0.4 is 5.43 Å². The van der Waals surface area contributed by atoms with E-state index in [0.717, 1.165) is 0 Å². The number of H-pyrrole nitrogens is 1. The number of carboxylic acids is 1. The van der Waals surface area contributed by atoms with E-state index in [4.69, 9.17) is 5.11 Å². The number of carboxylic acid groups (broad SMARTS) is 1. The molecule has 1 aromatic rings. The molecular formula is C7H4F3NO3. The Labute approximate surface area is 75.0 Å². The summed E-state index contributed by atoms with van der Waals surface area (Å²) in [6, 6.07) is 0.879. The lowest BCUT2D eigenvalue weighted by atomic mass is 10.3. The first-order valence-corrected chi connectivity index (χ1v) is 3.35. The summed E-state index contributed by atoms with van der Waals surface area (Å²) in [6.45, 7) is 0. The Hall–Kier alpha value is -1.79. The van der Waals surface area contributed by atoms with Gasteiger partial charge in [0.1, 0.15) is 11.4 Å². The van der Waals surface area contributed by atoms with Gasteiger partial charge in [-0.2, -0.15) is 13.2 Å². The smallest absolute Gasteiger partial charge is 0.431 e. The van der Waals surface area contributed by atoms with Gasteiger partial charge in [-0.3, -0.25) is 4.79 Å². The van der Waals surface area contributed by atoms with E-state index >= 15 is 0 Å². The highest BCUT2D eigenvalue weighted by Crippen LogP contribution is 2.26. The number of hydrogen-bond acceptors (Lipinski definition) is 2. The van der Waals surface area contributed by atoms with Crippen LogP contribution in [0, 0.1) is 0 Å². The molecule has 0 aliphatic rings. The Morgan fingerprint density at radius 2 is 1.93 bits per heavy atom. The zero-order chi connectivity index (χ0) is 10.9. The second kappa shape index (κ2) is 3.17. The fraction of sp³-hybridized carbons (Fsp3) is 0.143. The van der Waals surface area contributed by atoms with Crippen LogP contribution in [-0.4, -0.2) is 16.1 Å². The van der Waals surface area contributed by atoms with E-state index in [1.807, 2.05) is 0 Å². The van der Waals surface area contributed by atoms with Crippen molar-refractivity contribution in [3.63, 3.8) is 0 Å². The highest BCUT2D eigenvalue weighted by atomic mass is 19.4. The molecule has 1 rings (SSSR count). The van der Waals surface area contributed by atoms with Crippen LogP contribution in [0.4, 0.5) is 13.2 Å². The first-order valence-electron chi connectivity index (χ1n) is 3.35. The highest BCUT2D eigenvalue weighted by Gasteiger charge is 2.32. The van der Waals surface area contributed by atoms with Gasteiger partial charge in [-0.1, -0.05) is 0 Å². The van der Waals surface area contributed by atoms with Gasteiger partial charge in [-0.05, 0) is 0 Å². The summed E-state index contributed by atoms with van der Waals surface area (Å²) in [5.74, 6) is -1.62. The van der Waals surface area contributed by atoms with Crippen molar-refractivity contribution in [2.24, 2.45) is 0 Å². The summed E-state index contributed by atoms with van der Waals surface area (Å²) >= 11 is 0. The van der Waals surface area contributed by atoms with Crippen LogP contribution in [0.2, 0.25) is 0 Å². The monoisotopic (exact) mass is 207 g/mol. The Bertz CT molecular complexity index is 421. The SMILES string of the molecule is O=C(O)c1cc(=O)cc(C(F)(F)F)[nH]1. The van der Waals surface area contributed by atoms with Crippen molar-refractivity contribution >= 4 is 5.97 Å². The minimum absolute atomic E-state index is 0.298. The second-order valence-electron chi connectivity index (χ2n) is 2.45. The first kappa shape index (κ1) is 10.3. The number of carbonyl (C=O) groups is 1. The molecule has 14 heavy (non-hydrogen) atoms. The van der Waals surface area contributed by atoms with Crippen molar-refractivity contribution in [2.75, 3.05) is 0 Å². The van der Waals surface area contributed by atoms with E-state index in [0.29, 0.717) is 12.1 Å². The molecule has 0 fully saturated rings. The number of aromatic carboxylic acids is 1. The molecule has 1 aromatic heterocycles. The van der Waals surface area contributed by atoms with E-state index in [1.54, 1.807) is 4.98 Å². The Morgan fingerprint density at radius 1 is 1.36 bits per heavy atom. The lowest BCUT2D eigenvalue weighted by Gasteiger charge is -2.06. The molecule has 0 aromatic carbocycles. The molecule has 0 amide bonds. The summed E-state index contributed by atoms with van der Waals surface area (Å²) in [5, 5.41) is 8.36. The largest absolute Gasteiger partial charge is 0.477 e. The minimum atomic E-state index is -4.76. The van der Waals surface area contributed by atoms with Gasteiger partial charge in [0.2, 0.25) is 0 Å². The predicted molar refractivity (Wildman–Crippen MR) is 39.0 cm³/mol. The molecule has 0 saturated carbocycles. The number of hydrogen-bond donors (Lipinski definition) is 2. The van der Waals surface area contributed by atoms with Crippen LogP contribution in [0.15, 0.2) is 16.9 Å². The van der Waals surface area contributed by atoms with Gasteiger partial charge in [0.05, 0.1) is 0 Å². The predicted octanol–water partition coefficient (Wildman–Crippen LogP) is 1.09. The topological polar surface area (TPSA) is 70.2 Å². The zero-order valence-corrected chi connectivity index (χ0v) is 6.55. The second-order valence-corrected chi connectivity index (χ2v) is 2.45. The van der Waals surface area contributed by atoms with Crippen molar-refractivity contribution in [3.05, 3.63) is 33.7 Å². The van der Waals surface area contributed by atoms with Crippen LogP contribution in [0.3, 0.4) is 0 Å². The summed E-state index contributed by atoms with van der Waals surface area (Å²) in [5.41, 5.74) is -3.17. The fourth-order valence-corrected chi connectivity index (χ4v) is 0.811. The number of rotatable bonds is 1. The average Bonchev–Trinajstić information content (AvgIpc) is 2.01. The van der Waals surface area contributed by atoms with Crippen LogP contribution in [0.1, 0.15) is 16.2 Å². The van der Waals surface area contributed by atoms with Crippen LogP contribution in [0.25, 0.3) is 0 Å². The quantitative estimate of drug-likeness (QED) is 0.724. The van der Waals surface area contributed by atoms with Crippen LogP contribution >= 0.6 is 0 Å². The molecule has 2 N–H and O–H groups in total. The number of alkyl halides is 3. The van der Waals surface area contributed by atoms with Crippen molar-refractivity contribution in [3.8, 4) is 0 Å². The van der Waals surface area contributed by atoms with Gasteiger partial charge in [0, 0.05) is 12.1 Å². The summed E-state index contributed by atoms with van der Waals surface area (Å²) in [7, 11) is 0. The van der Waals surface area contributed by atoms with Gasteiger partial charge < -0.3 is 10.1 Å². The summed E-state index contributed by atoms with van der Waals surface area (Å²) in [6.07, 6.45) is -4.76. The summed E-state index contributed by atoms with van der Waals surface area (Å²) < 4.78 is 36.1. The number of halogens is 3. The van der Waals surface area contributed by atoms with Gasteiger partial charge in [-0.15, -0.1) is 0 Å². The molecule has 0 aliphatic heterocycles. The fourth-order valence-electron chi connectivity index (χ4n) is 0.811. The van der Waals surface area contributed by atoms with Crippen molar-refractivity contribution < 1.29 is 23.1 Å². The normalized spacial score (nSPS) is 11.4. The molecule has 76 valence electrons. The molecule has 0 atom stereocenters. The maximum atomic E-state index is 12.0. The number of aromatic nitrogens is 1. The third kappa shape index (κ3) is 2.12. The average molecular weight is 207 g/mol. The van der Waals surface area contributed by atoms with E-state index in [2.05, 4.69) is 0 Å². The molecule has 0 bridgehead atoms. The van der Waals surface area contributed by atoms with Crippen molar-refractivity contribution in [1.29, 1.82) is 0 Å². The van der Waals surface area contributed by atoms with E-state index < -0.39 is 29.0 Å². The molecule has 0 spiro atoms. The number of aromatic amines is 1. The van der Waals surface area contributed by atoms with E-state index in [9.17, 15) is 22.8 Å². The van der Waals surface area contributed by atoms with Gasteiger partial charge in [-0.25, -0.2) is 4.79 Å². The first-order chi connectivity index (χ1) is 6.30. The van der Waals surface area contributed by atoms with Gasteiger partial charge >= 0.3 is 12.1 Å². The molecule has 1 heterocycles. The summed E-state index contributed by atoms with van der Waals surface area (Å²) in [4.78, 5) is 22.6. The standard InChI is InChI=1S/C7H4F3NO3/c8-7(9,10)5-2-3(12)1-4(11-5)6(13)14/h1-2H,(H,11,12)(H,13,14). The maximum absolute atomic E-state index is 12.0. The third-order valence-electron chi connectivity index (χ3n) is 1.38. The van der Waals surface area contributed by atoms with E-state index in [1.165, 1.54) is 0 Å². The molecule has 0 radical (unpaired) electrons. The lowest BCUT2D eigenvalue weighted by molar-refractivity contribution is -0.141. The molecule has 0 saturated heterocycles. The Kier molecular flexibility index (Phi) is 2.33. The molecule has 0 unspecified atom stereocenters. The molecular weight excluding hydrogens is 203 g/mol. The minimum Gasteiger partial charge on any atom is -0.477 e. The Morgan fingerprint density at radius 3 is 2.36 bits per heavy atom. The van der Waals surface area contributed by atoms with Crippen LogP contribution in [0.5, 0.6) is 0 Å². The number of nitrogens with one attached hydrogen (secondary N) is 1. The molecule has 4 nitrogen and oxygen atoms in total. The molecule has 0 aliphatic carbocycles. The molecule has 7 heteroatoms. The van der Waals surface area contributed by atoms with E-state index in [-0.39, 0.29) is 0 Å². The van der Waals surface area contributed by atoms with Crippen molar-refractivity contribution in [1.82, 2.24) is 4.98 Å². The highest BCUT2D eigenvalue weighted by molar-refractivity contribution is 5.85. The maximum Gasteiger partial charge on any atom is 0.431 e. The zero-order valence-electron chi connectivity index (χ0n) is 6.55. The van der Waals surface area contributed by atoms with Crippen LogP contribution in [-0.2, 0) is 6.18 Å². The third-order valence-corrected chi connectivity index (χ3v) is 1.38. The van der Waals surface area contributed by atoms with Gasteiger partial charge in [0.15, 0.2) is 5.43 Å². The van der Waals surface area contributed by atoms with Gasteiger partial charge in [0.25, 0.3) is 0 Å². The lowest BCUT2D eigenvalue weighted by Crippen LogP contribution is -2.17. The van der Waals surface area contributed by atoms with Crippen molar-refractivity contribution in [2.45, 2.75) is 6.18 Å². The number of pyridine rings is 1. The Balaban J connectivity index is 3.35.